The molecule has 272 valence electrons. The summed E-state index contributed by atoms with van der Waals surface area (Å²) >= 11 is 1.92. The van der Waals surface area contributed by atoms with Crippen molar-refractivity contribution >= 4 is 67.0 Å². The third-order valence-electron chi connectivity index (χ3n) is 7.72. The molecule has 2 aliphatic rings. The first-order chi connectivity index (χ1) is 25.6. The molecule has 0 spiro atoms. The highest BCUT2D eigenvalue weighted by molar-refractivity contribution is 9.10. The summed E-state index contributed by atoms with van der Waals surface area (Å²) in [6.45, 7) is 9.53. The van der Waals surface area contributed by atoms with Crippen LogP contribution in [0.5, 0.6) is 23.0 Å². The van der Waals surface area contributed by atoms with Gasteiger partial charge in [-0.2, -0.15) is 16.8 Å². The number of fused-ring (bicyclic) bond motifs is 4. The fourth-order valence-corrected chi connectivity index (χ4v) is 5.84. The standard InChI is InChI=1S/C19H15NO4.C17H12BrNO4.2O2S/c1-3-12-4-5-13(11(2)8-12)18-20-15-10-17-16(22-6-7-23-17)9-14(15)19(21)24-18;1-9-6-10(18)2-3-11(9)16-19-13-8-15-14(21-4-5-22-15)7-12(13)17(20)23-16;2*1-3-2/h3-5,8-10H,1,6-7H2,2H3;2-3,6-8H,4-5H2,1H3;;. The Bertz CT molecular complexity index is 2530. The fourth-order valence-electron chi connectivity index (χ4n) is 5.37. The van der Waals surface area contributed by atoms with Crippen LogP contribution in [0.1, 0.15) is 16.7 Å². The molecule has 0 bridgehead atoms. The first kappa shape index (κ1) is 38.5. The minimum atomic E-state index is -0.750. The van der Waals surface area contributed by atoms with Crippen LogP contribution >= 0.6 is 15.9 Å². The van der Waals surface area contributed by atoms with E-state index in [-0.39, 0.29) is 5.89 Å². The zero-order chi connectivity index (χ0) is 38.1. The normalized spacial score (nSPS) is 12.1. The van der Waals surface area contributed by atoms with Crippen LogP contribution in [-0.4, -0.2) is 53.2 Å². The molecule has 8 rings (SSSR count). The number of ether oxygens (including phenoxy) is 4. The van der Waals surface area contributed by atoms with Crippen LogP contribution in [0.4, 0.5) is 0 Å². The highest BCUT2D eigenvalue weighted by Crippen LogP contribution is 2.35. The lowest BCUT2D eigenvalue weighted by Crippen LogP contribution is -2.16. The Kier molecular flexibility index (Phi) is 12.8. The van der Waals surface area contributed by atoms with Crippen LogP contribution in [-0.2, 0) is 23.1 Å². The lowest BCUT2D eigenvalue weighted by Gasteiger charge is -2.18. The van der Waals surface area contributed by atoms with Crippen molar-refractivity contribution in [3.05, 3.63) is 109 Å². The van der Waals surface area contributed by atoms with Gasteiger partial charge in [0.05, 0.1) is 21.8 Å². The van der Waals surface area contributed by atoms with Crippen LogP contribution in [0.25, 0.3) is 50.8 Å². The first-order valence-corrected chi connectivity index (χ1v) is 17.6. The number of aryl methyl sites for hydroxylation is 2. The van der Waals surface area contributed by atoms with E-state index in [0.717, 1.165) is 32.3 Å². The van der Waals surface area contributed by atoms with E-state index in [9.17, 15) is 9.59 Å². The van der Waals surface area contributed by atoms with Gasteiger partial charge in [0.15, 0.2) is 23.0 Å². The predicted molar refractivity (Wildman–Crippen MR) is 199 cm³/mol. The smallest absolute Gasteiger partial charge is 0.347 e. The van der Waals surface area contributed by atoms with Crippen molar-refractivity contribution in [3.63, 3.8) is 0 Å². The van der Waals surface area contributed by atoms with Crippen LogP contribution in [0.3, 0.4) is 0 Å². The van der Waals surface area contributed by atoms with Crippen molar-refractivity contribution in [1.29, 1.82) is 0 Å². The average Bonchev–Trinajstić information content (AvgIpc) is 3.14. The number of hydrogen-bond donors (Lipinski definition) is 0. The molecule has 0 atom stereocenters. The lowest BCUT2D eigenvalue weighted by molar-refractivity contribution is 0.172. The fraction of sp³-hybridized carbons (Fsp3) is 0.167. The number of nitrogens with zero attached hydrogens (tertiary/aromatic N) is 2. The quantitative estimate of drug-likeness (QED) is 0.204. The summed E-state index contributed by atoms with van der Waals surface area (Å²) in [5.74, 6) is 2.87. The number of rotatable bonds is 3. The summed E-state index contributed by atoms with van der Waals surface area (Å²) in [6.07, 6.45) is 1.77. The molecule has 0 N–H and O–H groups in total. The Labute approximate surface area is 315 Å². The van der Waals surface area contributed by atoms with Crippen molar-refractivity contribution in [2.45, 2.75) is 13.8 Å². The molecule has 4 aromatic carbocycles. The molecule has 0 aliphatic carbocycles. The van der Waals surface area contributed by atoms with Crippen LogP contribution < -0.4 is 30.2 Å². The zero-order valence-corrected chi connectivity index (χ0v) is 31.1. The van der Waals surface area contributed by atoms with Gasteiger partial charge in [-0.15, -0.1) is 0 Å². The van der Waals surface area contributed by atoms with Crippen molar-refractivity contribution in [2.75, 3.05) is 26.4 Å². The molecular weight excluding hydrogens is 796 g/mol. The Balaban J connectivity index is 0.000000178. The summed E-state index contributed by atoms with van der Waals surface area (Å²) in [5, 5.41) is 0.760. The monoisotopic (exact) mass is 822 g/mol. The van der Waals surface area contributed by atoms with Gasteiger partial charge in [-0.05, 0) is 54.8 Å². The molecule has 2 aliphatic heterocycles. The Morgan fingerprint density at radius 1 is 0.623 bits per heavy atom. The molecular formula is C36H27BrN2O12S2. The highest BCUT2D eigenvalue weighted by Gasteiger charge is 2.19. The molecule has 17 heteroatoms. The molecule has 14 nitrogen and oxygen atoms in total. The van der Waals surface area contributed by atoms with E-state index in [4.69, 9.17) is 44.6 Å². The van der Waals surface area contributed by atoms with E-state index in [1.807, 2.05) is 50.2 Å². The van der Waals surface area contributed by atoms with Crippen molar-refractivity contribution < 1.29 is 44.6 Å². The molecule has 0 saturated heterocycles. The third kappa shape index (κ3) is 9.00. The number of benzene rings is 4. The second-order valence-corrected chi connectivity index (χ2v) is 12.2. The van der Waals surface area contributed by atoms with Gasteiger partial charge < -0.3 is 27.8 Å². The maximum atomic E-state index is 12.4. The number of hydrogen-bond acceptors (Lipinski definition) is 14. The minimum absolute atomic E-state index is 0.289. The summed E-state index contributed by atoms with van der Waals surface area (Å²) in [5.41, 5.74) is 4.64. The maximum absolute atomic E-state index is 12.4. The molecule has 0 unspecified atom stereocenters. The largest absolute Gasteiger partial charge is 0.486 e. The molecule has 0 saturated carbocycles. The van der Waals surface area contributed by atoms with Crippen LogP contribution in [0.2, 0.25) is 0 Å². The molecule has 6 aromatic rings. The highest BCUT2D eigenvalue weighted by atomic mass is 79.9. The van der Waals surface area contributed by atoms with Gasteiger partial charge in [0, 0.05) is 39.9 Å². The summed E-state index contributed by atoms with van der Waals surface area (Å²) in [4.78, 5) is 33.7. The number of aromatic nitrogens is 2. The van der Waals surface area contributed by atoms with Gasteiger partial charge >= 0.3 is 34.4 Å². The zero-order valence-electron chi connectivity index (χ0n) is 27.9. The van der Waals surface area contributed by atoms with Gasteiger partial charge in [0.1, 0.15) is 26.4 Å². The van der Waals surface area contributed by atoms with E-state index in [2.05, 4.69) is 32.5 Å². The molecule has 0 radical (unpaired) electrons. The van der Waals surface area contributed by atoms with E-state index >= 15 is 0 Å². The van der Waals surface area contributed by atoms with Gasteiger partial charge in [0.2, 0.25) is 11.8 Å². The molecule has 2 aromatic heterocycles. The lowest BCUT2D eigenvalue weighted by atomic mass is 10.0. The predicted octanol–water partition coefficient (Wildman–Crippen LogP) is 5.93. The summed E-state index contributed by atoms with van der Waals surface area (Å²) in [7, 11) is 0. The van der Waals surface area contributed by atoms with Gasteiger partial charge in [0.25, 0.3) is 0 Å². The SMILES string of the molecule is C=Cc1ccc(-c2nc3cc4c(cc3c(=O)o2)OCCO4)c(C)c1.Cc1cc(Br)ccc1-c1nc2cc3c(cc2c(=O)o1)OCCO3.O=S=O.O=S=O. The second kappa shape index (κ2) is 17.6. The van der Waals surface area contributed by atoms with E-state index in [1.165, 1.54) is 0 Å². The van der Waals surface area contributed by atoms with Crippen molar-refractivity contribution in [1.82, 2.24) is 9.97 Å². The van der Waals surface area contributed by atoms with Gasteiger partial charge in [-0.25, -0.2) is 19.6 Å². The molecule has 0 fully saturated rings. The average molecular weight is 824 g/mol. The van der Waals surface area contributed by atoms with Gasteiger partial charge in [-0.1, -0.05) is 40.7 Å². The third-order valence-corrected chi connectivity index (χ3v) is 8.21. The van der Waals surface area contributed by atoms with Gasteiger partial charge in [-0.3, -0.25) is 0 Å². The van der Waals surface area contributed by atoms with Crippen molar-refractivity contribution in [3.8, 4) is 45.9 Å². The Morgan fingerprint density at radius 2 is 1.02 bits per heavy atom. The van der Waals surface area contributed by atoms with Crippen molar-refractivity contribution in [2.24, 2.45) is 0 Å². The van der Waals surface area contributed by atoms with Crippen LogP contribution in [0.15, 0.2) is 90.1 Å². The summed E-state index contributed by atoms with van der Waals surface area (Å²) in [6, 6.07) is 18.2. The van der Waals surface area contributed by atoms with E-state index in [1.54, 1.807) is 30.3 Å². The second-order valence-electron chi connectivity index (χ2n) is 11.0. The minimum Gasteiger partial charge on any atom is -0.486 e. The van der Waals surface area contributed by atoms with E-state index in [0.29, 0.717) is 77.1 Å². The molecule has 0 amide bonds. The molecule has 53 heavy (non-hydrogen) atoms. The maximum Gasteiger partial charge on any atom is 0.347 e. The van der Waals surface area contributed by atoms with Crippen LogP contribution in [0, 0.1) is 13.8 Å². The molecule has 4 heterocycles. The Hall–Kier alpha value is -5.78. The summed E-state index contributed by atoms with van der Waals surface area (Å²) < 4.78 is 67.1. The number of halogens is 1. The topological polar surface area (TPSA) is 191 Å². The Morgan fingerprint density at radius 3 is 1.42 bits per heavy atom. The van der Waals surface area contributed by atoms with E-state index < -0.39 is 34.4 Å². The first-order valence-electron chi connectivity index (χ1n) is 15.4.